The Morgan fingerprint density at radius 2 is 2.29 bits per heavy atom. The molecule has 96 valence electrons. The van der Waals surface area contributed by atoms with Crippen molar-refractivity contribution in [2.45, 2.75) is 13.0 Å². The molecule has 0 radical (unpaired) electrons. The van der Waals surface area contributed by atoms with Crippen molar-refractivity contribution >= 4 is 5.78 Å². The fraction of sp³-hybridized carbons (Fsp3) is 0.750. The van der Waals surface area contributed by atoms with Crippen LogP contribution in [-0.4, -0.2) is 62.7 Å². The van der Waals surface area contributed by atoms with E-state index in [1.54, 1.807) is 6.92 Å². The lowest BCUT2D eigenvalue weighted by Crippen LogP contribution is -2.56. The normalized spacial score (nSPS) is 16.1. The Hall–Kier alpha value is -0.930. The minimum absolute atomic E-state index is 0.0814. The van der Waals surface area contributed by atoms with Gasteiger partial charge in [-0.05, 0) is 12.8 Å². The second-order valence-electron chi connectivity index (χ2n) is 4.11. The molecule has 5 nitrogen and oxygen atoms in total. The molecule has 0 aromatic heterocycles. The average Bonchev–Trinajstić information content (AvgIpc) is 2.25. The molecule has 3 N–H and O–H groups in total. The molecule has 1 fully saturated rings. The molecular formula is C12H21N3O2. The highest BCUT2D eigenvalue weighted by Gasteiger charge is 2.21. The maximum Gasteiger partial charge on any atom is 0.219 e. The standard InChI is InChI=1S/C12H21N3O2/c1-2-3-12(16)8-14-4-6-17-7-5-15-9-11(13)10-15/h11,14H,4-10,13H2,1H3. The predicted molar refractivity (Wildman–Crippen MR) is 66.6 cm³/mol. The van der Waals surface area contributed by atoms with E-state index >= 15 is 0 Å². The lowest BCUT2D eigenvalue weighted by molar-refractivity contribution is -0.113. The summed E-state index contributed by atoms with van der Waals surface area (Å²) in [5.74, 6) is 4.96. The van der Waals surface area contributed by atoms with Gasteiger partial charge in [-0.25, -0.2) is 0 Å². The van der Waals surface area contributed by atoms with Crippen molar-refractivity contribution < 1.29 is 9.53 Å². The summed E-state index contributed by atoms with van der Waals surface area (Å²) in [7, 11) is 0. The third-order valence-electron chi connectivity index (χ3n) is 2.51. The van der Waals surface area contributed by atoms with Gasteiger partial charge in [0.05, 0.1) is 19.8 Å². The minimum atomic E-state index is -0.0814. The second-order valence-corrected chi connectivity index (χ2v) is 4.11. The zero-order valence-electron chi connectivity index (χ0n) is 10.4. The zero-order valence-corrected chi connectivity index (χ0v) is 10.4. The lowest BCUT2D eigenvalue weighted by atomic mass is 10.1. The number of rotatable bonds is 8. The fourth-order valence-corrected chi connectivity index (χ4v) is 1.62. The van der Waals surface area contributed by atoms with Gasteiger partial charge >= 0.3 is 0 Å². The quantitative estimate of drug-likeness (QED) is 0.317. The monoisotopic (exact) mass is 239 g/mol. The van der Waals surface area contributed by atoms with Crippen LogP contribution < -0.4 is 11.1 Å². The molecule has 0 spiro atoms. The fourth-order valence-electron chi connectivity index (χ4n) is 1.62. The molecule has 0 aromatic carbocycles. The molecule has 0 saturated carbocycles. The summed E-state index contributed by atoms with van der Waals surface area (Å²) in [6.07, 6.45) is 0. The molecule has 1 saturated heterocycles. The largest absolute Gasteiger partial charge is 0.379 e. The lowest BCUT2D eigenvalue weighted by Gasteiger charge is -2.36. The third kappa shape index (κ3) is 6.39. The van der Waals surface area contributed by atoms with E-state index in [9.17, 15) is 4.79 Å². The third-order valence-corrected chi connectivity index (χ3v) is 2.51. The van der Waals surface area contributed by atoms with E-state index in [1.165, 1.54) is 0 Å². The Labute approximate surface area is 103 Å². The van der Waals surface area contributed by atoms with Crippen LogP contribution in [0.25, 0.3) is 0 Å². The number of hydrogen-bond donors (Lipinski definition) is 2. The van der Waals surface area contributed by atoms with Crippen LogP contribution >= 0.6 is 0 Å². The van der Waals surface area contributed by atoms with Crippen molar-refractivity contribution in [1.82, 2.24) is 10.2 Å². The number of nitrogens with one attached hydrogen (secondary N) is 1. The summed E-state index contributed by atoms with van der Waals surface area (Å²) in [5.41, 5.74) is 5.66. The van der Waals surface area contributed by atoms with Crippen LogP contribution in [0.2, 0.25) is 0 Å². The van der Waals surface area contributed by atoms with E-state index in [2.05, 4.69) is 22.1 Å². The van der Waals surface area contributed by atoms with Crippen LogP contribution in [0, 0.1) is 11.8 Å². The van der Waals surface area contributed by atoms with E-state index in [-0.39, 0.29) is 5.78 Å². The van der Waals surface area contributed by atoms with E-state index in [0.29, 0.717) is 25.7 Å². The number of Topliss-reactive ketones (excluding diaryl/α,β-unsaturated/α-hetero) is 1. The summed E-state index contributed by atoms with van der Waals surface area (Å²) < 4.78 is 5.42. The van der Waals surface area contributed by atoms with Gasteiger partial charge in [-0.3, -0.25) is 9.69 Å². The van der Waals surface area contributed by atoms with Gasteiger partial charge in [-0.2, -0.15) is 0 Å². The molecule has 0 atom stereocenters. The van der Waals surface area contributed by atoms with Gasteiger partial charge in [0.1, 0.15) is 0 Å². The Balaban J connectivity index is 1.81. The number of hydrogen-bond acceptors (Lipinski definition) is 5. The number of carbonyl (C=O) groups is 1. The topological polar surface area (TPSA) is 67.6 Å². The summed E-state index contributed by atoms with van der Waals surface area (Å²) in [6.45, 7) is 6.86. The van der Waals surface area contributed by atoms with Crippen molar-refractivity contribution in [3.63, 3.8) is 0 Å². The van der Waals surface area contributed by atoms with Gasteiger partial charge in [0, 0.05) is 32.2 Å². The Kier molecular flexibility index (Phi) is 6.82. The summed E-state index contributed by atoms with van der Waals surface area (Å²) >= 11 is 0. The Morgan fingerprint density at radius 3 is 2.94 bits per heavy atom. The van der Waals surface area contributed by atoms with Gasteiger partial charge in [0.15, 0.2) is 0 Å². The first-order chi connectivity index (χ1) is 8.22. The number of likely N-dealkylation sites (tertiary alicyclic amines) is 1. The number of carbonyl (C=O) groups excluding carboxylic acids is 1. The van der Waals surface area contributed by atoms with Gasteiger partial charge in [0.25, 0.3) is 0 Å². The van der Waals surface area contributed by atoms with Crippen molar-refractivity contribution in [2.75, 3.05) is 45.9 Å². The average molecular weight is 239 g/mol. The molecular weight excluding hydrogens is 218 g/mol. The van der Waals surface area contributed by atoms with Gasteiger partial charge in [-0.15, -0.1) is 0 Å². The number of ether oxygens (including phenoxy) is 1. The highest BCUT2D eigenvalue weighted by molar-refractivity contribution is 5.96. The van der Waals surface area contributed by atoms with Crippen LogP contribution in [0.5, 0.6) is 0 Å². The van der Waals surface area contributed by atoms with Crippen LogP contribution in [0.4, 0.5) is 0 Å². The smallest absolute Gasteiger partial charge is 0.219 e. The summed E-state index contributed by atoms with van der Waals surface area (Å²) in [6, 6.07) is 0.349. The molecule has 1 aliphatic rings. The van der Waals surface area contributed by atoms with E-state index in [1.807, 2.05) is 0 Å². The molecule has 0 bridgehead atoms. The first-order valence-corrected chi connectivity index (χ1v) is 5.94. The highest BCUT2D eigenvalue weighted by atomic mass is 16.5. The van der Waals surface area contributed by atoms with E-state index in [4.69, 9.17) is 10.5 Å². The van der Waals surface area contributed by atoms with Crippen molar-refractivity contribution in [2.24, 2.45) is 5.73 Å². The van der Waals surface area contributed by atoms with Crippen LogP contribution in [-0.2, 0) is 9.53 Å². The molecule has 1 heterocycles. The molecule has 0 aromatic rings. The number of nitrogens with two attached hydrogens (primary N) is 1. The van der Waals surface area contributed by atoms with Crippen molar-refractivity contribution in [3.8, 4) is 11.8 Å². The Bertz CT molecular complexity index is 290. The van der Waals surface area contributed by atoms with Crippen LogP contribution in [0.1, 0.15) is 6.92 Å². The van der Waals surface area contributed by atoms with Gasteiger partial charge in [-0.1, -0.05) is 5.92 Å². The van der Waals surface area contributed by atoms with Crippen LogP contribution in [0.15, 0.2) is 0 Å². The highest BCUT2D eigenvalue weighted by Crippen LogP contribution is 2.03. The maximum atomic E-state index is 11.0. The van der Waals surface area contributed by atoms with Crippen molar-refractivity contribution in [1.29, 1.82) is 0 Å². The van der Waals surface area contributed by atoms with Gasteiger partial charge < -0.3 is 15.8 Å². The molecule has 0 unspecified atom stereocenters. The number of nitrogens with zero attached hydrogens (tertiary/aromatic N) is 1. The van der Waals surface area contributed by atoms with Gasteiger partial charge in [0.2, 0.25) is 5.78 Å². The molecule has 1 aliphatic heterocycles. The van der Waals surface area contributed by atoms with E-state index in [0.717, 1.165) is 26.2 Å². The van der Waals surface area contributed by atoms with E-state index < -0.39 is 0 Å². The van der Waals surface area contributed by atoms with Crippen LogP contribution in [0.3, 0.4) is 0 Å². The van der Waals surface area contributed by atoms with Crippen molar-refractivity contribution in [3.05, 3.63) is 0 Å². The molecule has 0 amide bonds. The SMILES string of the molecule is CC#CC(=O)CNCCOCCN1CC(N)C1. The predicted octanol–water partition coefficient (Wildman–Crippen LogP) is -1.17. The minimum Gasteiger partial charge on any atom is -0.379 e. The first-order valence-electron chi connectivity index (χ1n) is 5.94. The molecule has 1 rings (SSSR count). The molecule has 5 heteroatoms. The summed E-state index contributed by atoms with van der Waals surface area (Å²) in [4.78, 5) is 13.3. The zero-order chi connectivity index (χ0) is 12.5. The Morgan fingerprint density at radius 1 is 1.53 bits per heavy atom. The second kappa shape index (κ2) is 8.20. The number of ketones is 1. The maximum absolute atomic E-state index is 11.0. The summed E-state index contributed by atoms with van der Waals surface area (Å²) in [5, 5.41) is 2.98. The molecule has 0 aliphatic carbocycles. The first kappa shape index (κ1) is 14.1. The molecule has 17 heavy (non-hydrogen) atoms.